The number of nitrogens with zero attached hydrogens (tertiary/aromatic N) is 1. The lowest BCUT2D eigenvalue weighted by Crippen LogP contribution is -2.28. The van der Waals surface area contributed by atoms with E-state index in [2.05, 4.69) is 4.72 Å². The van der Waals surface area contributed by atoms with Gasteiger partial charge in [-0.05, 0) is 45.3 Å². The van der Waals surface area contributed by atoms with Crippen molar-refractivity contribution in [3.8, 4) is 0 Å². The Morgan fingerprint density at radius 1 is 1.39 bits per heavy atom. The fourth-order valence-corrected chi connectivity index (χ4v) is 2.64. The second kappa shape index (κ2) is 6.12. The Kier molecular flexibility index (Phi) is 5.06. The molecule has 0 saturated heterocycles. The summed E-state index contributed by atoms with van der Waals surface area (Å²) < 4.78 is 39.2. The molecule has 1 aromatic carbocycles. The maximum absolute atomic E-state index is 13.0. The Bertz CT molecular complexity index is 503. The molecule has 1 aromatic rings. The van der Waals surface area contributed by atoms with Gasteiger partial charge in [0.05, 0.1) is 5.69 Å². The van der Waals surface area contributed by atoms with Gasteiger partial charge in [-0.3, -0.25) is 0 Å². The summed E-state index contributed by atoms with van der Waals surface area (Å²) in [5.74, 6) is -0.627. The largest absolute Gasteiger partial charge is 0.398 e. The van der Waals surface area contributed by atoms with Crippen molar-refractivity contribution in [2.45, 2.75) is 11.3 Å². The Hall–Kier alpha value is -1.18. The van der Waals surface area contributed by atoms with Crippen molar-refractivity contribution < 1.29 is 12.8 Å². The van der Waals surface area contributed by atoms with Gasteiger partial charge in [-0.2, -0.15) is 0 Å². The topological polar surface area (TPSA) is 75.4 Å². The molecule has 7 heteroatoms. The zero-order valence-corrected chi connectivity index (χ0v) is 11.3. The lowest BCUT2D eigenvalue weighted by Gasteiger charge is -2.11. The zero-order valence-electron chi connectivity index (χ0n) is 10.5. The minimum absolute atomic E-state index is 0.0384. The third kappa shape index (κ3) is 4.25. The number of nitrogens with one attached hydrogen (secondary N) is 1. The molecule has 0 aliphatic heterocycles. The van der Waals surface area contributed by atoms with Gasteiger partial charge in [-0.1, -0.05) is 0 Å². The molecule has 0 aromatic heterocycles. The van der Waals surface area contributed by atoms with Crippen LogP contribution in [0.3, 0.4) is 0 Å². The van der Waals surface area contributed by atoms with Crippen molar-refractivity contribution in [2.75, 3.05) is 32.9 Å². The number of anilines is 1. The van der Waals surface area contributed by atoms with Crippen molar-refractivity contribution in [1.82, 2.24) is 9.62 Å². The quantitative estimate of drug-likeness (QED) is 0.590. The van der Waals surface area contributed by atoms with Crippen molar-refractivity contribution in [2.24, 2.45) is 0 Å². The predicted molar refractivity (Wildman–Crippen MR) is 69.2 cm³/mol. The van der Waals surface area contributed by atoms with Crippen LogP contribution in [0.15, 0.2) is 23.1 Å². The predicted octanol–water partition coefficient (Wildman–Crippen LogP) is 0.638. The normalized spacial score (nSPS) is 12.0. The van der Waals surface area contributed by atoms with Gasteiger partial charge < -0.3 is 10.6 Å². The molecular weight excluding hydrogens is 257 g/mol. The highest BCUT2D eigenvalue weighted by Crippen LogP contribution is 2.18. The molecule has 0 aliphatic rings. The minimum Gasteiger partial charge on any atom is -0.398 e. The van der Waals surface area contributed by atoms with E-state index in [1.165, 1.54) is 6.07 Å². The Morgan fingerprint density at radius 3 is 2.67 bits per heavy atom. The summed E-state index contributed by atoms with van der Waals surface area (Å²) in [6, 6.07) is 3.29. The standard InChI is InChI=1S/C11H18FN3O2S/c1-15(2)7-3-6-14-18(16,17)11-8-9(12)4-5-10(11)13/h4-5,8,14H,3,6-7,13H2,1-2H3. The summed E-state index contributed by atoms with van der Waals surface area (Å²) in [6.45, 7) is 1.05. The Balaban J connectivity index is 2.71. The number of benzene rings is 1. The molecule has 5 nitrogen and oxygen atoms in total. The van der Waals surface area contributed by atoms with E-state index in [0.717, 1.165) is 18.7 Å². The van der Waals surface area contributed by atoms with Gasteiger partial charge in [0.25, 0.3) is 0 Å². The van der Waals surface area contributed by atoms with Crippen LogP contribution in [0, 0.1) is 5.82 Å². The van der Waals surface area contributed by atoms with Crippen LogP contribution in [0.2, 0.25) is 0 Å². The number of hydrogen-bond acceptors (Lipinski definition) is 4. The number of nitrogen functional groups attached to an aromatic ring is 1. The highest BCUT2D eigenvalue weighted by molar-refractivity contribution is 7.89. The first-order valence-corrected chi connectivity index (χ1v) is 7.00. The maximum atomic E-state index is 13.0. The number of sulfonamides is 1. The van der Waals surface area contributed by atoms with Gasteiger partial charge in [-0.15, -0.1) is 0 Å². The molecule has 0 unspecified atom stereocenters. The van der Waals surface area contributed by atoms with Crippen LogP contribution in [0.25, 0.3) is 0 Å². The second-order valence-corrected chi connectivity index (χ2v) is 5.97. The van der Waals surface area contributed by atoms with E-state index < -0.39 is 15.8 Å². The van der Waals surface area contributed by atoms with E-state index in [1.54, 1.807) is 0 Å². The summed E-state index contributed by atoms with van der Waals surface area (Å²) in [5, 5.41) is 0. The number of nitrogens with two attached hydrogens (primary N) is 1. The molecule has 0 saturated carbocycles. The molecule has 0 aliphatic carbocycles. The third-order valence-corrected chi connectivity index (χ3v) is 3.86. The van der Waals surface area contributed by atoms with Crippen molar-refractivity contribution in [3.63, 3.8) is 0 Å². The lowest BCUT2D eigenvalue weighted by molar-refractivity contribution is 0.400. The molecule has 0 bridgehead atoms. The molecule has 0 heterocycles. The van der Waals surface area contributed by atoms with Gasteiger partial charge in [0.1, 0.15) is 10.7 Å². The Morgan fingerprint density at radius 2 is 2.06 bits per heavy atom. The van der Waals surface area contributed by atoms with E-state index in [0.29, 0.717) is 6.42 Å². The smallest absolute Gasteiger partial charge is 0.242 e. The summed E-state index contributed by atoms with van der Waals surface area (Å²) >= 11 is 0. The van der Waals surface area contributed by atoms with E-state index in [9.17, 15) is 12.8 Å². The molecular formula is C11H18FN3O2S. The molecule has 102 valence electrons. The van der Waals surface area contributed by atoms with Crippen LogP contribution in [-0.4, -0.2) is 40.5 Å². The highest BCUT2D eigenvalue weighted by atomic mass is 32.2. The van der Waals surface area contributed by atoms with Gasteiger partial charge in [-0.25, -0.2) is 17.5 Å². The number of rotatable bonds is 6. The van der Waals surface area contributed by atoms with Crippen LogP contribution in [0.1, 0.15) is 6.42 Å². The van der Waals surface area contributed by atoms with Crippen LogP contribution >= 0.6 is 0 Å². The second-order valence-electron chi connectivity index (χ2n) is 4.24. The summed E-state index contributed by atoms with van der Waals surface area (Å²) in [5.41, 5.74) is 5.57. The molecule has 0 spiro atoms. The minimum atomic E-state index is -3.74. The highest BCUT2D eigenvalue weighted by Gasteiger charge is 2.17. The van der Waals surface area contributed by atoms with Crippen LogP contribution in [-0.2, 0) is 10.0 Å². The van der Waals surface area contributed by atoms with Crippen molar-refractivity contribution in [3.05, 3.63) is 24.0 Å². The Labute approximate surface area is 107 Å². The molecule has 1 rings (SSSR count). The van der Waals surface area contributed by atoms with Crippen LogP contribution < -0.4 is 10.5 Å². The van der Waals surface area contributed by atoms with Crippen LogP contribution in [0.4, 0.5) is 10.1 Å². The van der Waals surface area contributed by atoms with Gasteiger partial charge in [0, 0.05) is 6.54 Å². The zero-order chi connectivity index (χ0) is 13.8. The number of halogens is 1. The monoisotopic (exact) mass is 275 g/mol. The molecule has 0 amide bonds. The molecule has 3 N–H and O–H groups in total. The van der Waals surface area contributed by atoms with E-state index in [1.807, 2.05) is 19.0 Å². The fourth-order valence-electron chi connectivity index (χ4n) is 1.42. The number of hydrogen-bond donors (Lipinski definition) is 2. The fraction of sp³-hybridized carbons (Fsp3) is 0.455. The third-order valence-electron chi connectivity index (χ3n) is 2.34. The first kappa shape index (κ1) is 14.9. The first-order valence-electron chi connectivity index (χ1n) is 5.52. The molecule has 0 radical (unpaired) electrons. The molecule has 18 heavy (non-hydrogen) atoms. The van der Waals surface area contributed by atoms with Gasteiger partial charge in [0.2, 0.25) is 10.0 Å². The van der Waals surface area contributed by atoms with E-state index in [-0.39, 0.29) is 17.1 Å². The van der Waals surface area contributed by atoms with Gasteiger partial charge >= 0.3 is 0 Å². The molecule has 0 fully saturated rings. The average Bonchev–Trinajstić information content (AvgIpc) is 2.27. The first-order chi connectivity index (χ1) is 8.33. The van der Waals surface area contributed by atoms with Crippen molar-refractivity contribution in [1.29, 1.82) is 0 Å². The van der Waals surface area contributed by atoms with E-state index >= 15 is 0 Å². The average molecular weight is 275 g/mol. The van der Waals surface area contributed by atoms with Crippen molar-refractivity contribution >= 4 is 15.7 Å². The summed E-state index contributed by atoms with van der Waals surface area (Å²) in [6.07, 6.45) is 0.668. The SMILES string of the molecule is CN(C)CCCNS(=O)(=O)c1cc(F)ccc1N. The van der Waals surface area contributed by atoms with Gasteiger partial charge in [0.15, 0.2) is 0 Å². The van der Waals surface area contributed by atoms with Crippen LogP contribution in [0.5, 0.6) is 0 Å². The molecule has 0 atom stereocenters. The lowest BCUT2D eigenvalue weighted by atomic mass is 10.3. The van der Waals surface area contributed by atoms with E-state index in [4.69, 9.17) is 5.73 Å². The summed E-state index contributed by atoms with van der Waals surface area (Å²) in [7, 11) is 0.0588. The maximum Gasteiger partial charge on any atom is 0.242 e. The summed E-state index contributed by atoms with van der Waals surface area (Å²) in [4.78, 5) is 1.73.